The van der Waals surface area contributed by atoms with Crippen LogP contribution in [0.3, 0.4) is 0 Å². The van der Waals surface area contributed by atoms with Crippen LogP contribution in [0.4, 0.5) is 4.39 Å². The first-order valence-corrected chi connectivity index (χ1v) is 13.0. The zero-order valence-corrected chi connectivity index (χ0v) is 20.5. The van der Waals surface area contributed by atoms with Crippen molar-refractivity contribution in [3.8, 4) is 17.4 Å². The number of nitrogens with zero attached hydrogens (tertiary/aromatic N) is 4. The third-order valence-corrected chi connectivity index (χ3v) is 7.48. The van der Waals surface area contributed by atoms with Gasteiger partial charge < -0.3 is 18.5 Å². The zero-order valence-electron chi connectivity index (χ0n) is 19.7. The Hall–Kier alpha value is -2.81. The summed E-state index contributed by atoms with van der Waals surface area (Å²) in [5.41, 5.74) is 1.30. The molecule has 1 aliphatic rings. The lowest BCUT2D eigenvalue weighted by molar-refractivity contribution is 0.216. The Morgan fingerprint density at radius 2 is 1.94 bits per heavy atom. The number of ether oxygens (including phenoxy) is 2. The number of aromatic nitrogens is 3. The number of hydrogen-bond donors (Lipinski definition) is 0. The molecule has 11 heteroatoms. The maximum atomic E-state index is 15.0. The van der Waals surface area contributed by atoms with Crippen molar-refractivity contribution in [3.05, 3.63) is 46.6 Å². The zero-order chi connectivity index (χ0) is 24.3. The van der Waals surface area contributed by atoms with Gasteiger partial charge in [-0.25, -0.2) is 8.91 Å². The molecular weight excluding hydrogens is 462 g/mol. The summed E-state index contributed by atoms with van der Waals surface area (Å²) in [5.74, 6) is 0.367. The van der Waals surface area contributed by atoms with Crippen LogP contribution in [0.15, 0.2) is 29.6 Å². The number of benzene rings is 1. The molecule has 9 nitrogen and oxygen atoms in total. The van der Waals surface area contributed by atoms with Crippen molar-refractivity contribution in [2.24, 2.45) is 4.99 Å². The summed E-state index contributed by atoms with van der Waals surface area (Å²) in [6.45, 7) is 8.25. The maximum absolute atomic E-state index is 15.0. The highest BCUT2D eigenvalue weighted by molar-refractivity contribution is 7.53. The van der Waals surface area contributed by atoms with E-state index < -0.39 is 13.4 Å². The van der Waals surface area contributed by atoms with Crippen molar-refractivity contribution in [2.45, 2.75) is 40.2 Å². The fraction of sp³-hybridized carbons (Fsp3) is 0.435. The summed E-state index contributed by atoms with van der Waals surface area (Å²) in [6, 6.07) is 3.20. The Balaban J connectivity index is 1.51. The van der Waals surface area contributed by atoms with Gasteiger partial charge in [-0.15, -0.1) is 0 Å². The molecule has 0 saturated heterocycles. The van der Waals surface area contributed by atoms with E-state index >= 15 is 4.39 Å². The molecule has 34 heavy (non-hydrogen) atoms. The minimum atomic E-state index is -3.11. The van der Waals surface area contributed by atoms with E-state index in [-0.39, 0.29) is 23.8 Å². The molecule has 4 rings (SSSR count). The van der Waals surface area contributed by atoms with Gasteiger partial charge in [-0.2, -0.15) is 10.1 Å². The summed E-state index contributed by atoms with van der Waals surface area (Å²) in [5, 5.41) is 5.26. The lowest BCUT2D eigenvalue weighted by Gasteiger charge is -2.16. The van der Waals surface area contributed by atoms with Gasteiger partial charge in [0, 0.05) is 10.8 Å². The number of hydrogen-bond acceptors (Lipinski definition) is 8. The molecule has 1 unspecified atom stereocenters. The predicted molar refractivity (Wildman–Crippen MR) is 125 cm³/mol. The Morgan fingerprint density at radius 3 is 2.68 bits per heavy atom. The number of fused-ring (bicyclic) bond motifs is 2. The molecule has 0 radical (unpaired) electrons. The monoisotopic (exact) mass is 490 g/mol. The summed E-state index contributed by atoms with van der Waals surface area (Å²) in [7, 11) is -3.11. The Bertz CT molecular complexity index is 1350. The van der Waals surface area contributed by atoms with Crippen LogP contribution in [-0.4, -0.2) is 46.6 Å². The van der Waals surface area contributed by atoms with Crippen molar-refractivity contribution >= 4 is 19.2 Å². The van der Waals surface area contributed by atoms with Gasteiger partial charge in [-0.3, -0.25) is 9.56 Å². The molecule has 3 aromatic rings. The second kappa shape index (κ2) is 10.2. The van der Waals surface area contributed by atoms with Crippen LogP contribution < -0.4 is 20.0 Å². The first-order chi connectivity index (χ1) is 16.3. The highest BCUT2D eigenvalue weighted by Gasteiger charge is 2.23. The first kappa shape index (κ1) is 24.3. The predicted octanol–water partition coefficient (Wildman–Crippen LogP) is 3.81. The van der Waals surface area contributed by atoms with Crippen LogP contribution in [0, 0.1) is 12.7 Å². The van der Waals surface area contributed by atoms with E-state index in [1.165, 1.54) is 6.33 Å². The Morgan fingerprint density at radius 1 is 1.18 bits per heavy atom. The quantitative estimate of drug-likeness (QED) is 0.298. The van der Waals surface area contributed by atoms with Crippen LogP contribution in [0.5, 0.6) is 17.4 Å². The van der Waals surface area contributed by atoms with Gasteiger partial charge in [0.25, 0.3) is 0 Å². The van der Waals surface area contributed by atoms with Crippen LogP contribution in [0.25, 0.3) is 11.6 Å². The number of halogens is 1. The first-order valence-electron chi connectivity index (χ1n) is 11.2. The fourth-order valence-corrected chi connectivity index (χ4v) is 5.48. The highest BCUT2D eigenvalue weighted by Crippen LogP contribution is 2.48. The van der Waals surface area contributed by atoms with Crippen LogP contribution in [0.1, 0.15) is 32.8 Å². The molecule has 2 aromatic heterocycles. The van der Waals surface area contributed by atoms with Gasteiger partial charge in [0.2, 0.25) is 5.88 Å². The average Bonchev–Trinajstić information content (AvgIpc) is 3.34. The molecule has 0 fully saturated rings. The molecule has 1 aromatic carbocycles. The van der Waals surface area contributed by atoms with Crippen molar-refractivity contribution in [2.75, 3.05) is 26.0 Å². The van der Waals surface area contributed by atoms with Gasteiger partial charge in [-0.1, -0.05) is 0 Å². The van der Waals surface area contributed by atoms with E-state index in [1.54, 1.807) is 42.8 Å². The summed E-state index contributed by atoms with van der Waals surface area (Å²) >= 11 is 0. The van der Waals surface area contributed by atoms with Crippen molar-refractivity contribution in [3.63, 3.8) is 0 Å². The Labute approximate surface area is 196 Å². The molecule has 182 valence electrons. The van der Waals surface area contributed by atoms with E-state index in [9.17, 15) is 4.57 Å². The van der Waals surface area contributed by atoms with E-state index in [4.69, 9.17) is 18.5 Å². The molecule has 0 spiro atoms. The molecule has 0 aliphatic carbocycles. The normalized spacial score (nSPS) is 15.1. The van der Waals surface area contributed by atoms with E-state index in [1.807, 2.05) is 13.8 Å². The third kappa shape index (κ3) is 4.99. The lowest BCUT2D eigenvalue weighted by Crippen LogP contribution is -2.25. The minimum absolute atomic E-state index is 0.0607. The van der Waals surface area contributed by atoms with Crippen molar-refractivity contribution < 1.29 is 27.5 Å². The number of rotatable bonds is 11. The molecular formula is C23H28FN4O5P. The molecule has 1 atom stereocenters. The summed E-state index contributed by atoms with van der Waals surface area (Å²) < 4.78 is 51.6. The SMILES string of the molecule is CCOP(=O)(CCCOc1cn2ncnc(Oc3ccc4c(c3F)=CC(C)N=4)c2c1C)OCC. The van der Waals surface area contributed by atoms with Gasteiger partial charge in [0.15, 0.2) is 11.6 Å². The molecule has 3 heterocycles. The molecule has 0 saturated carbocycles. The third-order valence-electron chi connectivity index (χ3n) is 5.31. The molecule has 0 amide bonds. The second-order valence-electron chi connectivity index (χ2n) is 7.80. The van der Waals surface area contributed by atoms with Gasteiger partial charge in [0.05, 0.1) is 43.6 Å². The molecule has 0 bridgehead atoms. The largest absolute Gasteiger partial charge is 0.492 e. The van der Waals surface area contributed by atoms with Crippen LogP contribution in [0.2, 0.25) is 0 Å². The minimum Gasteiger partial charge on any atom is -0.492 e. The highest BCUT2D eigenvalue weighted by atomic mass is 31.2. The standard InChI is InChI=1S/C23H28FN4O5P/c1-5-31-34(29,32-6-2)11-7-10-30-20-13-28-22(16(20)4)23(25-14-26-28)33-19-9-8-18-17(21(19)24)12-15(3)27-18/h8-9,12-15H,5-7,10-11H2,1-4H3. The van der Waals surface area contributed by atoms with Crippen molar-refractivity contribution in [1.29, 1.82) is 0 Å². The lowest BCUT2D eigenvalue weighted by atomic mass is 10.2. The van der Waals surface area contributed by atoms with E-state index in [0.29, 0.717) is 48.1 Å². The molecule has 0 N–H and O–H groups in total. The van der Waals surface area contributed by atoms with E-state index in [0.717, 1.165) is 5.56 Å². The van der Waals surface area contributed by atoms with Crippen LogP contribution >= 0.6 is 7.60 Å². The van der Waals surface area contributed by atoms with Gasteiger partial charge >= 0.3 is 7.60 Å². The van der Waals surface area contributed by atoms with Gasteiger partial charge in [0.1, 0.15) is 17.6 Å². The van der Waals surface area contributed by atoms with Gasteiger partial charge in [-0.05, 0) is 52.3 Å². The summed E-state index contributed by atoms with van der Waals surface area (Å²) in [4.78, 5) is 8.58. The van der Waals surface area contributed by atoms with Crippen LogP contribution in [-0.2, 0) is 13.6 Å². The van der Waals surface area contributed by atoms with E-state index in [2.05, 4.69) is 15.1 Å². The molecule has 1 aliphatic heterocycles. The second-order valence-corrected chi connectivity index (χ2v) is 9.98. The summed E-state index contributed by atoms with van der Waals surface area (Å²) in [6.07, 6.45) is 5.54. The fourth-order valence-electron chi connectivity index (χ4n) is 3.84. The maximum Gasteiger partial charge on any atom is 0.330 e. The topological polar surface area (TPSA) is 96.5 Å². The Kier molecular flexibility index (Phi) is 7.30. The van der Waals surface area contributed by atoms with Crippen molar-refractivity contribution in [1.82, 2.24) is 14.6 Å². The number of aryl methyl sites for hydroxylation is 1. The smallest absolute Gasteiger partial charge is 0.330 e. The average molecular weight is 490 g/mol.